The number of rotatable bonds is 2. The molecule has 3 aliphatic rings. The van der Waals surface area contributed by atoms with E-state index in [0.29, 0.717) is 41.1 Å². The Bertz CT molecular complexity index is 891. The maximum Gasteiger partial charge on any atom is 0.254 e. The van der Waals surface area contributed by atoms with Crippen molar-refractivity contribution in [1.82, 2.24) is 25.0 Å². The van der Waals surface area contributed by atoms with Gasteiger partial charge < -0.3 is 24.3 Å². The Labute approximate surface area is 161 Å². The summed E-state index contributed by atoms with van der Waals surface area (Å²) in [5, 5.41) is 12.5. The first-order valence-corrected chi connectivity index (χ1v) is 9.59. The molecule has 0 unspecified atom stereocenters. The highest BCUT2D eigenvalue weighted by Gasteiger charge is 2.30. The molecule has 1 aromatic heterocycles. The van der Waals surface area contributed by atoms with Crippen molar-refractivity contribution >= 4 is 17.5 Å². The molecule has 1 fully saturated rings. The minimum absolute atomic E-state index is 0.0267. The molecule has 2 aromatic rings. The van der Waals surface area contributed by atoms with Gasteiger partial charge in [-0.2, -0.15) is 0 Å². The number of nitrogens with one attached hydrogen (secondary N) is 1. The van der Waals surface area contributed by atoms with Gasteiger partial charge in [0.15, 0.2) is 11.5 Å². The predicted molar refractivity (Wildman–Crippen MR) is 97.2 cm³/mol. The fraction of sp³-hybridized carbons (Fsp3) is 0.500. The fourth-order valence-electron chi connectivity index (χ4n) is 4.03. The van der Waals surface area contributed by atoms with E-state index in [1.807, 2.05) is 4.90 Å². The van der Waals surface area contributed by atoms with Gasteiger partial charge in [0.2, 0.25) is 6.79 Å². The Morgan fingerprint density at radius 3 is 2.89 bits per heavy atom. The van der Waals surface area contributed by atoms with Crippen molar-refractivity contribution in [1.29, 1.82) is 0 Å². The van der Waals surface area contributed by atoms with Gasteiger partial charge >= 0.3 is 0 Å². The second-order valence-corrected chi connectivity index (χ2v) is 7.47. The lowest BCUT2D eigenvalue weighted by molar-refractivity contribution is 0.0709. The van der Waals surface area contributed by atoms with E-state index in [1.54, 1.807) is 12.1 Å². The van der Waals surface area contributed by atoms with Gasteiger partial charge in [0.1, 0.15) is 11.6 Å². The minimum Gasteiger partial charge on any atom is -0.454 e. The van der Waals surface area contributed by atoms with Crippen molar-refractivity contribution in [2.45, 2.75) is 31.8 Å². The van der Waals surface area contributed by atoms with E-state index in [-0.39, 0.29) is 12.7 Å². The third-order valence-corrected chi connectivity index (χ3v) is 5.75. The van der Waals surface area contributed by atoms with E-state index in [1.165, 1.54) is 0 Å². The topological polar surface area (TPSA) is 81.5 Å². The third-order valence-electron chi connectivity index (χ3n) is 5.47. The van der Waals surface area contributed by atoms with E-state index in [2.05, 4.69) is 20.1 Å². The van der Waals surface area contributed by atoms with Crippen molar-refractivity contribution < 1.29 is 14.3 Å². The summed E-state index contributed by atoms with van der Waals surface area (Å²) in [5.41, 5.74) is 0.536. The summed E-state index contributed by atoms with van der Waals surface area (Å²) in [4.78, 5) is 14.8. The summed E-state index contributed by atoms with van der Waals surface area (Å²) in [5.74, 6) is 3.42. The molecule has 4 heterocycles. The SMILES string of the molecule is O=C(c1cc(Cl)c2c(c1)OCO2)N1CCC(c2nnc3n2CCNC3)CC1. The number of aromatic nitrogens is 3. The molecule has 0 radical (unpaired) electrons. The summed E-state index contributed by atoms with van der Waals surface area (Å²) in [7, 11) is 0. The molecule has 5 rings (SSSR count). The molecule has 1 amide bonds. The zero-order chi connectivity index (χ0) is 18.4. The van der Waals surface area contributed by atoms with Gasteiger partial charge in [-0.05, 0) is 25.0 Å². The van der Waals surface area contributed by atoms with Crippen molar-refractivity contribution in [3.8, 4) is 11.5 Å². The van der Waals surface area contributed by atoms with Crippen LogP contribution in [0.25, 0.3) is 0 Å². The van der Waals surface area contributed by atoms with E-state index < -0.39 is 0 Å². The van der Waals surface area contributed by atoms with Crippen LogP contribution in [-0.2, 0) is 13.1 Å². The van der Waals surface area contributed by atoms with Crippen LogP contribution in [0.15, 0.2) is 12.1 Å². The third kappa shape index (κ3) is 2.93. The van der Waals surface area contributed by atoms with Crippen molar-refractivity contribution in [3.63, 3.8) is 0 Å². The second kappa shape index (κ2) is 6.69. The monoisotopic (exact) mass is 389 g/mol. The van der Waals surface area contributed by atoms with Gasteiger partial charge in [-0.1, -0.05) is 11.6 Å². The highest BCUT2D eigenvalue weighted by Crippen LogP contribution is 2.40. The molecular formula is C18H20ClN5O3. The molecule has 1 aromatic carbocycles. The van der Waals surface area contributed by atoms with Gasteiger partial charge in [-0.25, -0.2) is 0 Å². The largest absolute Gasteiger partial charge is 0.454 e. The average molecular weight is 390 g/mol. The number of hydrogen-bond acceptors (Lipinski definition) is 6. The Morgan fingerprint density at radius 2 is 2.04 bits per heavy atom. The molecule has 0 bridgehead atoms. The number of benzene rings is 1. The van der Waals surface area contributed by atoms with Crippen LogP contribution in [0.5, 0.6) is 11.5 Å². The number of carbonyl (C=O) groups is 1. The lowest BCUT2D eigenvalue weighted by Gasteiger charge is -2.32. The number of amides is 1. The number of carbonyl (C=O) groups excluding carboxylic acids is 1. The molecule has 0 saturated carbocycles. The smallest absolute Gasteiger partial charge is 0.254 e. The number of fused-ring (bicyclic) bond motifs is 2. The molecule has 3 aliphatic heterocycles. The van der Waals surface area contributed by atoms with Crippen LogP contribution in [0.1, 0.15) is 40.8 Å². The van der Waals surface area contributed by atoms with Crippen molar-refractivity contribution in [3.05, 3.63) is 34.4 Å². The quantitative estimate of drug-likeness (QED) is 0.843. The number of halogens is 1. The van der Waals surface area contributed by atoms with Gasteiger partial charge in [-0.15, -0.1) is 10.2 Å². The first kappa shape index (κ1) is 16.8. The van der Waals surface area contributed by atoms with Gasteiger partial charge in [0, 0.05) is 37.7 Å². The maximum absolute atomic E-state index is 12.9. The molecule has 8 nitrogen and oxygen atoms in total. The average Bonchev–Trinajstić information content (AvgIpc) is 3.35. The summed E-state index contributed by atoms with van der Waals surface area (Å²) in [6.45, 7) is 4.14. The van der Waals surface area contributed by atoms with Crippen LogP contribution < -0.4 is 14.8 Å². The Balaban J connectivity index is 1.29. The number of likely N-dealkylation sites (tertiary alicyclic amines) is 1. The highest BCUT2D eigenvalue weighted by atomic mass is 35.5. The predicted octanol–water partition coefficient (Wildman–Crippen LogP) is 1.78. The zero-order valence-corrected chi connectivity index (χ0v) is 15.5. The molecule has 142 valence electrons. The van der Waals surface area contributed by atoms with Crippen LogP contribution in [-0.4, -0.2) is 52.0 Å². The standard InChI is InChI=1S/C18H20ClN5O3/c19-13-7-12(8-14-16(13)27-10-26-14)18(25)23-4-1-11(2-5-23)17-22-21-15-9-20-3-6-24(15)17/h7-8,11,20H,1-6,9-10H2. The summed E-state index contributed by atoms with van der Waals surface area (Å²) >= 11 is 6.22. The van der Waals surface area contributed by atoms with Gasteiger partial charge in [-0.3, -0.25) is 4.79 Å². The van der Waals surface area contributed by atoms with E-state index >= 15 is 0 Å². The number of piperidine rings is 1. The van der Waals surface area contributed by atoms with E-state index in [9.17, 15) is 4.79 Å². The van der Waals surface area contributed by atoms with Crippen LogP contribution in [0.4, 0.5) is 0 Å². The molecule has 0 atom stereocenters. The number of hydrogen-bond donors (Lipinski definition) is 1. The van der Waals surface area contributed by atoms with Crippen molar-refractivity contribution in [2.75, 3.05) is 26.4 Å². The molecule has 1 saturated heterocycles. The lowest BCUT2D eigenvalue weighted by atomic mass is 9.95. The molecule has 27 heavy (non-hydrogen) atoms. The Kier molecular flexibility index (Phi) is 4.17. The first-order valence-electron chi connectivity index (χ1n) is 9.22. The summed E-state index contributed by atoms with van der Waals surface area (Å²) < 4.78 is 12.9. The van der Waals surface area contributed by atoms with Gasteiger partial charge in [0.05, 0.1) is 11.6 Å². The van der Waals surface area contributed by atoms with Crippen LogP contribution in [0, 0.1) is 0 Å². The Hall–Kier alpha value is -2.32. The zero-order valence-electron chi connectivity index (χ0n) is 14.8. The first-order chi connectivity index (χ1) is 13.2. The number of nitrogens with zero attached hydrogens (tertiary/aromatic N) is 4. The maximum atomic E-state index is 12.9. The molecular weight excluding hydrogens is 370 g/mol. The second-order valence-electron chi connectivity index (χ2n) is 7.06. The summed E-state index contributed by atoms with van der Waals surface area (Å²) in [6.07, 6.45) is 1.77. The van der Waals surface area contributed by atoms with E-state index in [0.717, 1.165) is 44.1 Å². The highest BCUT2D eigenvalue weighted by molar-refractivity contribution is 6.32. The van der Waals surface area contributed by atoms with Crippen LogP contribution in [0.3, 0.4) is 0 Å². The molecule has 9 heteroatoms. The molecule has 0 spiro atoms. The molecule has 1 N–H and O–H groups in total. The fourth-order valence-corrected chi connectivity index (χ4v) is 4.30. The minimum atomic E-state index is -0.0267. The van der Waals surface area contributed by atoms with Crippen LogP contribution >= 0.6 is 11.6 Å². The summed E-state index contributed by atoms with van der Waals surface area (Å²) in [6, 6.07) is 3.37. The Morgan fingerprint density at radius 1 is 1.19 bits per heavy atom. The van der Waals surface area contributed by atoms with Crippen molar-refractivity contribution in [2.24, 2.45) is 0 Å². The van der Waals surface area contributed by atoms with E-state index in [4.69, 9.17) is 21.1 Å². The lowest BCUT2D eigenvalue weighted by Crippen LogP contribution is -2.39. The van der Waals surface area contributed by atoms with Crippen LogP contribution in [0.2, 0.25) is 5.02 Å². The molecule has 0 aliphatic carbocycles. The normalized spacial score (nSPS) is 19.2. The number of ether oxygens (including phenoxy) is 2. The van der Waals surface area contributed by atoms with Gasteiger partial charge in [0.25, 0.3) is 5.91 Å².